The zero-order valence-corrected chi connectivity index (χ0v) is 15.3. The normalized spacial score (nSPS) is 10.2. The summed E-state index contributed by atoms with van der Waals surface area (Å²) in [6, 6.07) is 12.9. The number of hydrogen-bond acceptors (Lipinski definition) is 8. The number of nitrogens with one attached hydrogen (secondary N) is 2. The molecule has 0 saturated carbocycles. The van der Waals surface area contributed by atoms with Crippen LogP contribution in [-0.2, 0) is 0 Å². The van der Waals surface area contributed by atoms with E-state index in [1.807, 2.05) is 36.4 Å². The van der Waals surface area contributed by atoms with Gasteiger partial charge in [-0.3, -0.25) is 0 Å². The van der Waals surface area contributed by atoms with E-state index in [1.54, 1.807) is 27.4 Å². The average molecular weight is 367 g/mol. The van der Waals surface area contributed by atoms with Gasteiger partial charge in [-0.1, -0.05) is 0 Å². The molecule has 3 aromatic rings. The van der Waals surface area contributed by atoms with Gasteiger partial charge in [0.2, 0.25) is 0 Å². The maximum absolute atomic E-state index is 6.24. The monoisotopic (exact) mass is 367 g/mol. The molecule has 0 radical (unpaired) electrons. The lowest BCUT2D eigenvalue weighted by atomic mass is 10.2. The van der Waals surface area contributed by atoms with Crippen LogP contribution in [0.2, 0.25) is 0 Å². The van der Waals surface area contributed by atoms with Crippen LogP contribution in [-0.4, -0.2) is 31.3 Å². The van der Waals surface area contributed by atoms with E-state index >= 15 is 0 Å². The predicted molar refractivity (Wildman–Crippen MR) is 106 cm³/mol. The molecule has 0 aliphatic carbocycles. The summed E-state index contributed by atoms with van der Waals surface area (Å²) in [6.07, 6.45) is 1.43. The minimum atomic E-state index is 0.381. The minimum Gasteiger partial charge on any atom is -0.497 e. The highest BCUT2D eigenvalue weighted by atomic mass is 16.5. The number of aromatic nitrogens is 2. The Balaban J connectivity index is 1.84. The van der Waals surface area contributed by atoms with Crippen LogP contribution >= 0.6 is 0 Å². The van der Waals surface area contributed by atoms with Gasteiger partial charge < -0.3 is 30.6 Å². The molecular formula is C19H21N5O3. The molecule has 0 aliphatic heterocycles. The number of methoxy groups -OCH3 is 3. The topological polar surface area (TPSA) is 104 Å². The Labute approximate surface area is 157 Å². The third kappa shape index (κ3) is 4.12. The minimum absolute atomic E-state index is 0.381. The molecule has 8 heteroatoms. The van der Waals surface area contributed by atoms with Crippen LogP contribution < -0.4 is 30.6 Å². The second-order valence-corrected chi connectivity index (χ2v) is 5.53. The van der Waals surface area contributed by atoms with Crippen LogP contribution in [0.15, 0.2) is 48.8 Å². The molecule has 27 heavy (non-hydrogen) atoms. The molecule has 0 fully saturated rings. The molecule has 0 unspecified atom stereocenters. The second-order valence-electron chi connectivity index (χ2n) is 5.53. The number of rotatable bonds is 7. The summed E-state index contributed by atoms with van der Waals surface area (Å²) in [5, 5.41) is 6.34. The van der Waals surface area contributed by atoms with E-state index in [9.17, 15) is 0 Å². The van der Waals surface area contributed by atoms with Gasteiger partial charge in [-0.05, 0) is 36.4 Å². The highest BCUT2D eigenvalue weighted by molar-refractivity contribution is 5.81. The number of ether oxygens (including phenoxy) is 3. The van der Waals surface area contributed by atoms with Crippen LogP contribution in [0.4, 0.5) is 28.7 Å². The summed E-state index contributed by atoms with van der Waals surface area (Å²) >= 11 is 0. The number of benzene rings is 2. The van der Waals surface area contributed by atoms with Gasteiger partial charge in [0.15, 0.2) is 11.6 Å². The fourth-order valence-corrected chi connectivity index (χ4v) is 2.44. The highest BCUT2D eigenvalue weighted by Crippen LogP contribution is 2.34. The molecule has 3 rings (SSSR count). The van der Waals surface area contributed by atoms with Crippen molar-refractivity contribution in [3.8, 4) is 17.2 Å². The van der Waals surface area contributed by atoms with Gasteiger partial charge in [0.05, 0.1) is 27.0 Å². The number of anilines is 5. The lowest BCUT2D eigenvalue weighted by molar-refractivity contribution is 0.395. The number of nitrogens with zero attached hydrogens (tertiary/aromatic N) is 2. The first-order valence-electron chi connectivity index (χ1n) is 8.15. The first-order valence-corrected chi connectivity index (χ1v) is 8.15. The van der Waals surface area contributed by atoms with E-state index in [0.29, 0.717) is 34.5 Å². The fraction of sp³-hybridized carbons (Fsp3) is 0.158. The summed E-state index contributed by atoms with van der Waals surface area (Å²) in [7, 11) is 4.80. The van der Waals surface area contributed by atoms with Crippen molar-refractivity contribution in [2.45, 2.75) is 0 Å². The maximum Gasteiger partial charge on any atom is 0.159 e. The Morgan fingerprint density at radius 2 is 1.41 bits per heavy atom. The summed E-state index contributed by atoms with van der Waals surface area (Å²) < 4.78 is 15.8. The van der Waals surface area contributed by atoms with Gasteiger partial charge in [-0.2, -0.15) is 0 Å². The van der Waals surface area contributed by atoms with E-state index < -0.39 is 0 Å². The van der Waals surface area contributed by atoms with Gasteiger partial charge in [0.1, 0.15) is 29.3 Å². The first kappa shape index (κ1) is 18.1. The second kappa shape index (κ2) is 8.13. The Hall–Kier alpha value is -3.68. The Bertz CT molecular complexity index is 916. The number of nitrogens with two attached hydrogens (primary N) is 1. The molecular weight excluding hydrogens is 346 g/mol. The van der Waals surface area contributed by atoms with Gasteiger partial charge in [-0.25, -0.2) is 9.97 Å². The van der Waals surface area contributed by atoms with Crippen molar-refractivity contribution in [1.82, 2.24) is 9.97 Å². The molecule has 0 saturated heterocycles. The summed E-state index contributed by atoms with van der Waals surface area (Å²) in [5.41, 5.74) is 8.16. The molecule has 0 atom stereocenters. The molecule has 140 valence electrons. The van der Waals surface area contributed by atoms with Crippen molar-refractivity contribution in [2.24, 2.45) is 0 Å². The average Bonchev–Trinajstić information content (AvgIpc) is 2.71. The maximum atomic E-state index is 6.24. The molecule has 2 aromatic carbocycles. The predicted octanol–water partition coefficient (Wildman–Crippen LogP) is 3.57. The zero-order chi connectivity index (χ0) is 19.2. The first-order chi connectivity index (χ1) is 13.1. The molecule has 4 N–H and O–H groups in total. The van der Waals surface area contributed by atoms with Gasteiger partial charge in [0.25, 0.3) is 0 Å². The van der Waals surface area contributed by atoms with Crippen molar-refractivity contribution >= 4 is 28.7 Å². The van der Waals surface area contributed by atoms with Gasteiger partial charge >= 0.3 is 0 Å². The summed E-state index contributed by atoms with van der Waals surface area (Å²) in [6.45, 7) is 0. The largest absolute Gasteiger partial charge is 0.497 e. The number of hydrogen-bond donors (Lipinski definition) is 3. The summed E-state index contributed by atoms with van der Waals surface area (Å²) in [4.78, 5) is 8.45. The van der Waals surface area contributed by atoms with E-state index in [4.69, 9.17) is 19.9 Å². The number of nitrogen functional groups attached to an aromatic ring is 1. The summed E-state index contributed by atoms with van der Waals surface area (Å²) in [5.74, 6) is 3.02. The fourth-order valence-electron chi connectivity index (χ4n) is 2.44. The molecule has 0 spiro atoms. The highest BCUT2D eigenvalue weighted by Gasteiger charge is 2.12. The smallest absolute Gasteiger partial charge is 0.159 e. The van der Waals surface area contributed by atoms with Crippen LogP contribution in [0, 0.1) is 0 Å². The molecule has 0 bridgehead atoms. The SMILES string of the molecule is COc1ccc(Nc2ncnc(Nc3ccc(OC)cc3OC)c2N)cc1. The lowest BCUT2D eigenvalue weighted by Crippen LogP contribution is -2.06. The van der Waals surface area contributed by atoms with Crippen molar-refractivity contribution in [2.75, 3.05) is 37.7 Å². The Morgan fingerprint density at radius 1 is 0.778 bits per heavy atom. The van der Waals surface area contributed by atoms with Crippen molar-refractivity contribution in [3.63, 3.8) is 0 Å². The molecule has 0 amide bonds. The van der Waals surface area contributed by atoms with E-state index in [0.717, 1.165) is 11.4 Å². The zero-order valence-electron chi connectivity index (χ0n) is 15.3. The van der Waals surface area contributed by atoms with Crippen LogP contribution in [0.1, 0.15) is 0 Å². The Morgan fingerprint density at radius 3 is 2.04 bits per heavy atom. The standard InChI is InChI=1S/C19H21N5O3/c1-25-13-6-4-12(5-7-13)23-18-17(20)19(22-11-21-18)24-15-9-8-14(26-2)10-16(15)27-3/h4-11H,20H2,1-3H3,(H2,21,22,23,24). The van der Waals surface area contributed by atoms with E-state index in [-0.39, 0.29) is 0 Å². The molecule has 8 nitrogen and oxygen atoms in total. The van der Waals surface area contributed by atoms with Crippen LogP contribution in [0.3, 0.4) is 0 Å². The third-order valence-electron chi connectivity index (χ3n) is 3.90. The van der Waals surface area contributed by atoms with Crippen molar-refractivity contribution in [1.29, 1.82) is 0 Å². The molecule has 1 aromatic heterocycles. The van der Waals surface area contributed by atoms with Gasteiger partial charge in [-0.15, -0.1) is 0 Å². The quantitative estimate of drug-likeness (QED) is 0.582. The lowest BCUT2D eigenvalue weighted by Gasteiger charge is -2.15. The van der Waals surface area contributed by atoms with Crippen LogP contribution in [0.25, 0.3) is 0 Å². The third-order valence-corrected chi connectivity index (χ3v) is 3.90. The van der Waals surface area contributed by atoms with Crippen LogP contribution in [0.5, 0.6) is 17.2 Å². The van der Waals surface area contributed by atoms with Gasteiger partial charge in [0, 0.05) is 11.8 Å². The Kier molecular flexibility index (Phi) is 5.46. The molecule has 1 heterocycles. The van der Waals surface area contributed by atoms with E-state index in [1.165, 1.54) is 6.33 Å². The van der Waals surface area contributed by atoms with E-state index in [2.05, 4.69) is 20.6 Å². The van der Waals surface area contributed by atoms with Crippen molar-refractivity contribution < 1.29 is 14.2 Å². The molecule has 0 aliphatic rings. The van der Waals surface area contributed by atoms with Crippen molar-refractivity contribution in [3.05, 3.63) is 48.8 Å².